The van der Waals surface area contributed by atoms with Crippen LogP contribution in [0, 0.1) is 13.8 Å². The van der Waals surface area contributed by atoms with Crippen molar-refractivity contribution >= 4 is 41.8 Å². The monoisotopic (exact) mass is 578 g/mol. The molecule has 0 saturated heterocycles. The highest BCUT2D eigenvalue weighted by atomic mass is 32.2. The first-order valence-electron chi connectivity index (χ1n) is 10.5. The van der Waals surface area contributed by atoms with Crippen LogP contribution in [0.2, 0.25) is 0 Å². The van der Waals surface area contributed by atoms with E-state index in [0.29, 0.717) is 21.9 Å². The number of aryl methyl sites for hydroxylation is 2. The molecule has 0 spiro atoms. The fraction of sp³-hybridized carbons (Fsp3) is 0.167. The summed E-state index contributed by atoms with van der Waals surface area (Å²) in [6.07, 6.45) is 0. The van der Waals surface area contributed by atoms with E-state index in [-0.39, 0.29) is 10.8 Å². The second-order valence-corrected chi connectivity index (χ2v) is 11.4. The van der Waals surface area contributed by atoms with E-state index < -0.39 is 53.9 Å². The van der Waals surface area contributed by atoms with E-state index in [4.69, 9.17) is 0 Å². The molecule has 4 rings (SSSR count). The van der Waals surface area contributed by atoms with Crippen LogP contribution in [0.15, 0.2) is 60.7 Å². The number of halogens is 6. The molecule has 38 heavy (non-hydrogen) atoms. The number of benzene rings is 4. The molecule has 0 aliphatic carbocycles. The molecule has 4 aromatic rings. The Balaban J connectivity index is 2.17. The first-order chi connectivity index (χ1) is 17.4. The average Bonchev–Trinajstić information content (AvgIpc) is 2.77. The van der Waals surface area contributed by atoms with Gasteiger partial charge in [0.1, 0.15) is 0 Å². The molecule has 0 atom stereocenters. The van der Waals surface area contributed by atoms with Crippen LogP contribution in [-0.2, 0) is 20.2 Å². The van der Waals surface area contributed by atoms with Crippen LogP contribution >= 0.6 is 0 Å². The zero-order valence-electron chi connectivity index (χ0n) is 19.3. The Labute approximate surface area is 212 Å². The molecular weight excluding hydrogens is 562 g/mol. The molecular formula is C24H16F6O6S2. The van der Waals surface area contributed by atoms with Gasteiger partial charge in [-0.05, 0) is 47.5 Å². The minimum absolute atomic E-state index is 0.0628. The summed E-state index contributed by atoms with van der Waals surface area (Å²) in [5, 5.41) is 0.830. The van der Waals surface area contributed by atoms with E-state index >= 15 is 0 Å². The van der Waals surface area contributed by atoms with Crippen molar-refractivity contribution in [1.29, 1.82) is 0 Å². The van der Waals surface area contributed by atoms with Gasteiger partial charge >= 0.3 is 31.3 Å². The predicted molar refractivity (Wildman–Crippen MR) is 128 cm³/mol. The van der Waals surface area contributed by atoms with Gasteiger partial charge in [0.2, 0.25) is 0 Å². The fourth-order valence-electron chi connectivity index (χ4n) is 3.84. The summed E-state index contributed by atoms with van der Waals surface area (Å²) in [5.41, 5.74) is -11.1. The highest BCUT2D eigenvalue weighted by molar-refractivity contribution is 7.88. The summed E-state index contributed by atoms with van der Waals surface area (Å²) < 4.78 is 136. The zero-order valence-corrected chi connectivity index (χ0v) is 20.9. The van der Waals surface area contributed by atoms with Gasteiger partial charge in [-0.2, -0.15) is 43.2 Å². The van der Waals surface area contributed by atoms with Gasteiger partial charge in [0, 0.05) is 11.1 Å². The normalized spacial score (nSPS) is 13.2. The minimum Gasteiger partial charge on any atom is -0.375 e. The third-order valence-electron chi connectivity index (χ3n) is 5.49. The smallest absolute Gasteiger partial charge is 0.375 e. The zero-order chi connectivity index (χ0) is 28.3. The summed E-state index contributed by atoms with van der Waals surface area (Å²) in [4.78, 5) is 0. The van der Waals surface area contributed by atoms with Gasteiger partial charge in [0.05, 0.1) is 0 Å². The molecule has 0 fully saturated rings. The Kier molecular flexibility index (Phi) is 6.55. The molecule has 6 nitrogen and oxygen atoms in total. The van der Waals surface area contributed by atoms with Gasteiger partial charge in [-0.15, -0.1) is 0 Å². The summed E-state index contributed by atoms with van der Waals surface area (Å²) in [5.74, 6) is -1.80. The Morgan fingerprint density at radius 3 is 1.21 bits per heavy atom. The molecule has 0 unspecified atom stereocenters. The summed E-state index contributed by atoms with van der Waals surface area (Å²) in [6.45, 7) is 3.39. The second kappa shape index (κ2) is 9.05. The Morgan fingerprint density at radius 2 is 0.895 bits per heavy atom. The highest BCUT2D eigenvalue weighted by Gasteiger charge is 2.50. The first-order valence-corrected chi connectivity index (χ1v) is 13.3. The van der Waals surface area contributed by atoms with E-state index in [1.165, 1.54) is 36.4 Å². The Hall–Kier alpha value is -3.52. The molecule has 14 heteroatoms. The first kappa shape index (κ1) is 27.5. The lowest BCUT2D eigenvalue weighted by atomic mass is 9.91. The number of fused-ring (bicyclic) bond motifs is 2. The van der Waals surface area contributed by atoms with Crippen LogP contribution in [-0.4, -0.2) is 27.9 Å². The summed E-state index contributed by atoms with van der Waals surface area (Å²) in [6, 6.07) is 13.3. The molecule has 0 saturated carbocycles. The van der Waals surface area contributed by atoms with E-state index in [9.17, 15) is 43.2 Å². The van der Waals surface area contributed by atoms with E-state index in [1.54, 1.807) is 26.0 Å². The number of hydrogen-bond acceptors (Lipinski definition) is 6. The topological polar surface area (TPSA) is 86.7 Å². The van der Waals surface area contributed by atoms with Gasteiger partial charge in [0.25, 0.3) is 0 Å². The lowest BCUT2D eigenvalue weighted by Gasteiger charge is -2.20. The molecule has 0 aliphatic heterocycles. The Bertz CT molecular complexity index is 1660. The van der Waals surface area contributed by atoms with Crippen molar-refractivity contribution in [2.45, 2.75) is 24.9 Å². The second-order valence-electron chi connectivity index (χ2n) is 8.29. The maximum Gasteiger partial charge on any atom is 0.534 e. The molecule has 202 valence electrons. The van der Waals surface area contributed by atoms with Gasteiger partial charge in [-0.1, -0.05) is 59.7 Å². The number of rotatable bonds is 5. The average molecular weight is 579 g/mol. The van der Waals surface area contributed by atoms with Crippen molar-refractivity contribution in [2.24, 2.45) is 0 Å². The lowest BCUT2D eigenvalue weighted by molar-refractivity contribution is -0.0505. The molecule has 0 aliphatic rings. The number of hydrogen-bond donors (Lipinski definition) is 0. The molecule has 0 bridgehead atoms. The van der Waals surface area contributed by atoms with Crippen LogP contribution < -0.4 is 8.37 Å². The predicted octanol–water partition coefficient (Wildman–Crippen LogP) is 6.73. The van der Waals surface area contributed by atoms with Crippen molar-refractivity contribution in [1.82, 2.24) is 0 Å². The van der Waals surface area contributed by atoms with Crippen molar-refractivity contribution in [3.63, 3.8) is 0 Å². The fourth-order valence-corrected chi connectivity index (χ4v) is 4.78. The van der Waals surface area contributed by atoms with Crippen molar-refractivity contribution in [3.05, 3.63) is 71.8 Å². The van der Waals surface area contributed by atoms with Crippen molar-refractivity contribution in [2.75, 3.05) is 0 Å². The van der Waals surface area contributed by atoms with Crippen LogP contribution in [0.5, 0.6) is 11.5 Å². The van der Waals surface area contributed by atoms with Crippen LogP contribution in [0.25, 0.3) is 32.7 Å². The van der Waals surface area contributed by atoms with Crippen LogP contribution in [0.1, 0.15) is 11.1 Å². The van der Waals surface area contributed by atoms with E-state index in [2.05, 4.69) is 8.37 Å². The molecule has 4 aromatic carbocycles. The van der Waals surface area contributed by atoms with E-state index in [0.717, 1.165) is 12.1 Å². The van der Waals surface area contributed by atoms with Gasteiger partial charge in [0.15, 0.2) is 11.5 Å². The molecule has 0 radical (unpaired) electrons. The molecule has 0 N–H and O–H groups in total. The molecule has 0 aromatic heterocycles. The lowest BCUT2D eigenvalue weighted by Crippen LogP contribution is -2.28. The third-order valence-corrected chi connectivity index (χ3v) is 7.42. The maximum atomic E-state index is 13.2. The van der Waals surface area contributed by atoms with Crippen molar-refractivity contribution < 1.29 is 51.5 Å². The Morgan fingerprint density at radius 1 is 0.553 bits per heavy atom. The quantitative estimate of drug-likeness (QED) is 0.148. The van der Waals surface area contributed by atoms with Gasteiger partial charge in [-0.25, -0.2) is 0 Å². The summed E-state index contributed by atoms with van der Waals surface area (Å²) >= 11 is 0. The largest absolute Gasteiger partial charge is 0.534 e. The highest BCUT2D eigenvalue weighted by Crippen LogP contribution is 2.47. The van der Waals surface area contributed by atoms with Gasteiger partial charge in [-0.3, -0.25) is 0 Å². The number of alkyl halides is 6. The minimum atomic E-state index is -6.23. The summed E-state index contributed by atoms with van der Waals surface area (Å²) in [7, 11) is -12.5. The SMILES string of the molecule is Cc1ccc2c(-c3c(OS(=O)(=O)C(F)(F)F)ccc4cc(C)ccc34)c(OS(=O)(=O)C(F)(F)F)ccc2c1. The van der Waals surface area contributed by atoms with Gasteiger partial charge < -0.3 is 8.37 Å². The maximum absolute atomic E-state index is 13.2. The van der Waals surface area contributed by atoms with Crippen LogP contribution in [0.3, 0.4) is 0 Å². The molecule has 0 amide bonds. The van der Waals surface area contributed by atoms with E-state index in [1.807, 2.05) is 0 Å². The standard InChI is InChI=1S/C24H16F6O6S2/c1-13-3-7-17-15(11-13)5-9-19(35-37(31,32)23(25,26)27)21(17)22-18-8-4-14(2)12-16(18)6-10-20(22)36-38(33,34)24(28,29)30/h3-12H,1-2H3. The molecule has 0 heterocycles. The third kappa shape index (κ3) is 4.97. The van der Waals surface area contributed by atoms with Crippen LogP contribution in [0.4, 0.5) is 26.3 Å². The van der Waals surface area contributed by atoms with Crippen molar-refractivity contribution in [3.8, 4) is 22.6 Å².